The first kappa shape index (κ1) is 11.3. The van der Waals surface area contributed by atoms with Crippen molar-refractivity contribution in [3.8, 4) is 5.75 Å². The Morgan fingerprint density at radius 3 is 3.00 bits per heavy atom. The van der Waals surface area contributed by atoms with Gasteiger partial charge in [-0.1, -0.05) is 0 Å². The average molecular weight is 244 g/mol. The molecule has 94 valence electrons. The number of rotatable bonds is 1. The molecule has 4 heteroatoms. The highest BCUT2D eigenvalue weighted by molar-refractivity contribution is 5.81. The molecule has 1 aromatic carbocycles. The van der Waals surface area contributed by atoms with E-state index in [0.29, 0.717) is 6.54 Å². The minimum absolute atomic E-state index is 0.129. The lowest BCUT2D eigenvalue weighted by Crippen LogP contribution is -2.32. The Kier molecular flexibility index (Phi) is 2.59. The Morgan fingerprint density at radius 2 is 2.22 bits per heavy atom. The highest BCUT2D eigenvalue weighted by atomic mass is 16.5. The Morgan fingerprint density at radius 1 is 1.39 bits per heavy atom. The smallest absolute Gasteiger partial charge is 0.194 e. The molecule has 1 N–H and O–H groups in total. The van der Waals surface area contributed by atoms with Crippen LogP contribution in [-0.2, 0) is 20.0 Å². The van der Waals surface area contributed by atoms with Crippen molar-refractivity contribution in [2.24, 2.45) is 7.05 Å². The molecular weight excluding hydrogens is 228 g/mol. The molecule has 1 aliphatic heterocycles. The molecule has 0 saturated heterocycles. The number of ether oxygens (including phenoxy) is 1. The second-order valence-corrected chi connectivity index (χ2v) is 4.62. The van der Waals surface area contributed by atoms with E-state index in [1.54, 1.807) is 7.11 Å². The van der Waals surface area contributed by atoms with Gasteiger partial charge in [0.25, 0.3) is 0 Å². The van der Waals surface area contributed by atoms with Crippen LogP contribution in [0, 0.1) is 0 Å². The molecule has 18 heavy (non-hydrogen) atoms. The van der Waals surface area contributed by atoms with Crippen LogP contribution in [0.1, 0.15) is 11.3 Å². The summed E-state index contributed by atoms with van der Waals surface area (Å²) in [6.07, 6.45) is 0.906. The number of hydrogen-bond donors (Lipinski definition) is 1. The van der Waals surface area contributed by atoms with E-state index in [9.17, 15) is 4.79 Å². The van der Waals surface area contributed by atoms with E-state index >= 15 is 0 Å². The van der Waals surface area contributed by atoms with Crippen LogP contribution in [0.25, 0.3) is 10.9 Å². The van der Waals surface area contributed by atoms with Gasteiger partial charge < -0.3 is 14.6 Å². The van der Waals surface area contributed by atoms with Crippen molar-refractivity contribution < 1.29 is 4.74 Å². The maximum Gasteiger partial charge on any atom is 0.194 e. The lowest BCUT2D eigenvalue weighted by molar-refractivity contribution is 0.415. The average Bonchev–Trinajstić information content (AvgIpc) is 2.44. The van der Waals surface area contributed by atoms with Crippen molar-refractivity contribution in [1.29, 1.82) is 0 Å². The third-order valence-corrected chi connectivity index (χ3v) is 3.68. The Labute approximate surface area is 105 Å². The molecule has 0 saturated carbocycles. The topological polar surface area (TPSA) is 43.3 Å². The summed E-state index contributed by atoms with van der Waals surface area (Å²) in [4.78, 5) is 12.5. The molecule has 1 aromatic heterocycles. The molecule has 3 rings (SSSR count). The number of hydrogen-bond acceptors (Lipinski definition) is 3. The zero-order valence-electron chi connectivity index (χ0n) is 10.6. The van der Waals surface area contributed by atoms with E-state index < -0.39 is 0 Å². The fourth-order valence-electron chi connectivity index (χ4n) is 2.68. The third kappa shape index (κ3) is 1.53. The van der Waals surface area contributed by atoms with Gasteiger partial charge in [0.1, 0.15) is 5.75 Å². The quantitative estimate of drug-likeness (QED) is 0.819. The van der Waals surface area contributed by atoms with E-state index in [2.05, 4.69) is 9.88 Å². The van der Waals surface area contributed by atoms with Gasteiger partial charge in [0, 0.05) is 43.2 Å². The summed E-state index contributed by atoms with van der Waals surface area (Å²) in [5.74, 6) is 0.725. The van der Waals surface area contributed by atoms with E-state index in [1.165, 1.54) is 0 Å². The highest BCUT2D eigenvalue weighted by Gasteiger charge is 2.17. The van der Waals surface area contributed by atoms with Crippen molar-refractivity contribution in [3.05, 3.63) is 39.7 Å². The fourth-order valence-corrected chi connectivity index (χ4v) is 2.68. The maximum atomic E-state index is 12.5. The van der Waals surface area contributed by atoms with Crippen molar-refractivity contribution in [3.63, 3.8) is 0 Å². The highest BCUT2D eigenvalue weighted by Crippen LogP contribution is 2.21. The van der Waals surface area contributed by atoms with Crippen LogP contribution in [0.2, 0.25) is 0 Å². The Bertz CT molecular complexity index is 674. The minimum Gasteiger partial charge on any atom is -0.497 e. The first-order valence-electron chi connectivity index (χ1n) is 6.11. The molecule has 0 unspecified atom stereocenters. The van der Waals surface area contributed by atoms with Crippen LogP contribution in [-0.4, -0.2) is 18.2 Å². The predicted octanol–water partition coefficient (Wildman–Crippen LogP) is 1.19. The number of pyridine rings is 1. The monoisotopic (exact) mass is 244 g/mol. The standard InChI is InChI=1S/C14H16N2O2/c1-16-12-4-3-9(18-2)7-10(12)14(17)11-8-15-6-5-13(11)16/h3-4,7,15H,5-6,8H2,1-2H3. The van der Waals surface area contributed by atoms with E-state index in [1.807, 2.05) is 25.2 Å². The summed E-state index contributed by atoms with van der Waals surface area (Å²) in [6, 6.07) is 5.68. The first-order chi connectivity index (χ1) is 8.72. The van der Waals surface area contributed by atoms with Crippen molar-refractivity contribution >= 4 is 10.9 Å². The molecule has 0 atom stereocenters. The van der Waals surface area contributed by atoms with Crippen LogP contribution in [0.3, 0.4) is 0 Å². The summed E-state index contributed by atoms with van der Waals surface area (Å²) in [5, 5.41) is 3.99. The Balaban J connectivity index is 2.40. The maximum absolute atomic E-state index is 12.5. The molecule has 2 aromatic rings. The number of fused-ring (bicyclic) bond motifs is 2. The molecule has 0 aliphatic carbocycles. The molecular formula is C14H16N2O2. The summed E-state index contributed by atoms with van der Waals surface area (Å²) in [7, 11) is 3.64. The number of nitrogens with zero attached hydrogens (tertiary/aromatic N) is 1. The molecule has 2 heterocycles. The minimum atomic E-state index is 0.129. The number of nitrogens with one attached hydrogen (secondary N) is 1. The number of aromatic nitrogens is 1. The third-order valence-electron chi connectivity index (χ3n) is 3.68. The van der Waals surface area contributed by atoms with Gasteiger partial charge in [0.15, 0.2) is 5.43 Å². The molecule has 0 radical (unpaired) electrons. The van der Waals surface area contributed by atoms with Crippen molar-refractivity contribution in [2.75, 3.05) is 13.7 Å². The SMILES string of the molecule is COc1ccc2c(c1)c(=O)c1c(n2C)CCNC1. The van der Waals surface area contributed by atoms with Gasteiger partial charge >= 0.3 is 0 Å². The van der Waals surface area contributed by atoms with E-state index in [0.717, 1.165) is 40.9 Å². The molecule has 1 aliphatic rings. The van der Waals surface area contributed by atoms with Crippen molar-refractivity contribution in [2.45, 2.75) is 13.0 Å². The van der Waals surface area contributed by atoms with Crippen LogP contribution >= 0.6 is 0 Å². The molecule has 0 bridgehead atoms. The molecule has 0 fully saturated rings. The zero-order chi connectivity index (χ0) is 12.7. The lowest BCUT2D eigenvalue weighted by Gasteiger charge is -2.21. The summed E-state index contributed by atoms with van der Waals surface area (Å²) in [5.41, 5.74) is 3.14. The second kappa shape index (κ2) is 4.14. The second-order valence-electron chi connectivity index (χ2n) is 4.62. The number of methoxy groups -OCH3 is 1. The van der Waals surface area contributed by atoms with Crippen LogP contribution in [0.4, 0.5) is 0 Å². The molecule has 4 nitrogen and oxygen atoms in total. The van der Waals surface area contributed by atoms with Gasteiger partial charge in [-0.3, -0.25) is 4.79 Å². The predicted molar refractivity (Wildman–Crippen MR) is 71.2 cm³/mol. The zero-order valence-corrected chi connectivity index (χ0v) is 10.6. The number of aryl methyl sites for hydroxylation is 1. The number of benzene rings is 1. The molecule has 0 amide bonds. The van der Waals surface area contributed by atoms with Crippen LogP contribution in [0.5, 0.6) is 5.75 Å². The van der Waals surface area contributed by atoms with Gasteiger partial charge in [-0.25, -0.2) is 0 Å². The summed E-state index contributed by atoms with van der Waals surface area (Å²) >= 11 is 0. The normalized spacial score (nSPS) is 14.6. The first-order valence-corrected chi connectivity index (χ1v) is 6.11. The van der Waals surface area contributed by atoms with E-state index in [4.69, 9.17) is 4.74 Å². The van der Waals surface area contributed by atoms with Gasteiger partial charge in [-0.05, 0) is 18.2 Å². The van der Waals surface area contributed by atoms with Crippen molar-refractivity contribution in [1.82, 2.24) is 9.88 Å². The van der Waals surface area contributed by atoms with Crippen LogP contribution in [0.15, 0.2) is 23.0 Å². The van der Waals surface area contributed by atoms with Gasteiger partial charge in [-0.2, -0.15) is 0 Å². The van der Waals surface area contributed by atoms with Gasteiger partial charge in [0.05, 0.1) is 12.6 Å². The summed E-state index contributed by atoms with van der Waals surface area (Å²) < 4.78 is 7.33. The molecule has 0 spiro atoms. The van der Waals surface area contributed by atoms with Gasteiger partial charge in [-0.15, -0.1) is 0 Å². The van der Waals surface area contributed by atoms with Gasteiger partial charge in [0.2, 0.25) is 0 Å². The van der Waals surface area contributed by atoms with Crippen LogP contribution < -0.4 is 15.5 Å². The largest absolute Gasteiger partial charge is 0.497 e. The summed E-state index contributed by atoms with van der Waals surface area (Å²) in [6.45, 7) is 1.59. The van der Waals surface area contributed by atoms with E-state index in [-0.39, 0.29) is 5.43 Å². The fraction of sp³-hybridized carbons (Fsp3) is 0.357. The lowest BCUT2D eigenvalue weighted by atomic mass is 10.0. The Hall–Kier alpha value is -1.81.